The van der Waals surface area contributed by atoms with Crippen LogP contribution in [-0.2, 0) is 19.6 Å². The molecule has 0 fully saturated rings. The highest BCUT2D eigenvalue weighted by Crippen LogP contribution is 2.25. The molecule has 0 aliphatic heterocycles. The fourth-order valence-corrected chi connectivity index (χ4v) is 5.12. The Kier molecular flexibility index (Phi) is 7.90. The number of carbonyl (C=O) groups is 2. The molecule has 0 radical (unpaired) electrons. The van der Waals surface area contributed by atoms with Crippen LogP contribution in [0.2, 0.25) is 0 Å². The summed E-state index contributed by atoms with van der Waals surface area (Å²) in [5.41, 5.74) is 1.40. The lowest BCUT2D eigenvalue weighted by molar-refractivity contribution is -0.119. The van der Waals surface area contributed by atoms with Crippen molar-refractivity contribution >= 4 is 38.4 Å². The van der Waals surface area contributed by atoms with E-state index in [-0.39, 0.29) is 16.3 Å². The van der Waals surface area contributed by atoms with Gasteiger partial charge in [0.1, 0.15) is 5.82 Å². The zero-order valence-electron chi connectivity index (χ0n) is 17.9. The summed E-state index contributed by atoms with van der Waals surface area (Å²) in [5.74, 6) is -1.70. The van der Waals surface area contributed by atoms with Gasteiger partial charge in [-0.3, -0.25) is 10.1 Å². The van der Waals surface area contributed by atoms with Crippen LogP contribution >= 0.6 is 11.3 Å². The quantitative estimate of drug-likeness (QED) is 0.457. The molecule has 2 aromatic carbocycles. The number of nitrogens with zero attached hydrogens (tertiary/aromatic N) is 2. The van der Waals surface area contributed by atoms with Gasteiger partial charge in [-0.05, 0) is 48.5 Å². The Hall–Kier alpha value is -3.15. The number of hydrogen-bond acceptors (Lipinski definition) is 7. The average Bonchev–Trinajstić information content (AvgIpc) is 3.27. The molecule has 0 bridgehead atoms. The van der Waals surface area contributed by atoms with Crippen LogP contribution in [0, 0.1) is 5.82 Å². The van der Waals surface area contributed by atoms with Crippen LogP contribution in [0.5, 0.6) is 0 Å². The molecule has 0 atom stereocenters. The van der Waals surface area contributed by atoms with Crippen molar-refractivity contribution in [1.82, 2.24) is 9.29 Å². The Morgan fingerprint density at radius 3 is 2.30 bits per heavy atom. The first-order valence-corrected chi connectivity index (χ1v) is 12.3. The number of anilines is 1. The number of halogens is 1. The van der Waals surface area contributed by atoms with Gasteiger partial charge in [0.05, 0.1) is 16.2 Å². The molecule has 8 nitrogen and oxygen atoms in total. The molecule has 0 aliphatic rings. The van der Waals surface area contributed by atoms with Crippen LogP contribution in [0.4, 0.5) is 9.52 Å². The molecule has 3 rings (SSSR count). The predicted octanol–water partition coefficient (Wildman–Crippen LogP) is 3.78. The number of esters is 1. The zero-order valence-corrected chi connectivity index (χ0v) is 19.6. The molecule has 1 amide bonds. The second-order valence-electron chi connectivity index (χ2n) is 6.78. The average molecular weight is 492 g/mol. The Bertz CT molecular complexity index is 1220. The van der Waals surface area contributed by atoms with E-state index in [2.05, 4.69) is 10.3 Å². The standard InChI is InChI=1S/C22H22FN3O5S2/c1-3-26(4-2)33(29,30)18-11-7-16(8-12-18)21(28)31-13-20(27)25-22-24-19(14-32-22)15-5-9-17(23)10-6-15/h5-12,14H,3-4,13H2,1-2H3,(H,24,25,27). The number of rotatable bonds is 9. The van der Waals surface area contributed by atoms with Gasteiger partial charge in [0, 0.05) is 24.0 Å². The number of sulfonamides is 1. The maximum atomic E-state index is 13.0. The molecule has 0 saturated carbocycles. The highest BCUT2D eigenvalue weighted by atomic mass is 32.2. The first kappa shape index (κ1) is 24.5. The second-order valence-corrected chi connectivity index (χ2v) is 9.58. The number of thiazole rings is 1. The summed E-state index contributed by atoms with van der Waals surface area (Å²) in [5, 5.41) is 4.55. The Balaban J connectivity index is 1.55. The molecule has 1 aromatic heterocycles. The lowest BCUT2D eigenvalue weighted by atomic mass is 10.2. The molecule has 174 valence electrons. The smallest absolute Gasteiger partial charge is 0.338 e. The van der Waals surface area contributed by atoms with Crippen LogP contribution in [0.3, 0.4) is 0 Å². The summed E-state index contributed by atoms with van der Waals surface area (Å²) in [7, 11) is -3.63. The number of hydrogen-bond donors (Lipinski definition) is 1. The number of aromatic nitrogens is 1. The van der Waals surface area contributed by atoms with Crippen molar-refractivity contribution in [1.29, 1.82) is 0 Å². The maximum absolute atomic E-state index is 13.0. The van der Waals surface area contributed by atoms with Crippen LogP contribution in [-0.4, -0.2) is 49.3 Å². The van der Waals surface area contributed by atoms with Gasteiger partial charge in [-0.15, -0.1) is 11.3 Å². The fraction of sp³-hybridized carbons (Fsp3) is 0.227. The van der Waals surface area contributed by atoms with Crippen LogP contribution < -0.4 is 5.32 Å². The summed E-state index contributed by atoms with van der Waals surface area (Å²) in [6.45, 7) is 3.62. The van der Waals surface area contributed by atoms with E-state index in [0.717, 1.165) is 0 Å². The van der Waals surface area contributed by atoms with Gasteiger partial charge >= 0.3 is 5.97 Å². The first-order valence-electron chi connectivity index (χ1n) is 10.0. The second kappa shape index (κ2) is 10.6. The third kappa shape index (κ3) is 6.01. The van der Waals surface area contributed by atoms with Gasteiger partial charge in [0.2, 0.25) is 10.0 Å². The molecule has 0 unspecified atom stereocenters. The Morgan fingerprint density at radius 1 is 1.06 bits per heavy atom. The monoisotopic (exact) mass is 491 g/mol. The highest BCUT2D eigenvalue weighted by molar-refractivity contribution is 7.89. The van der Waals surface area contributed by atoms with Crippen molar-refractivity contribution in [2.24, 2.45) is 0 Å². The van der Waals surface area contributed by atoms with Gasteiger partial charge in [0.15, 0.2) is 11.7 Å². The number of carbonyl (C=O) groups excluding carboxylic acids is 2. The number of amides is 1. The largest absolute Gasteiger partial charge is 0.452 e. The molecule has 0 saturated heterocycles. The third-order valence-corrected chi connectivity index (χ3v) is 7.48. The van der Waals surface area contributed by atoms with Gasteiger partial charge in [0.25, 0.3) is 5.91 Å². The summed E-state index contributed by atoms with van der Waals surface area (Å²) in [6, 6.07) is 11.1. The fourth-order valence-electron chi connectivity index (χ4n) is 2.93. The minimum absolute atomic E-state index is 0.0706. The van der Waals surface area contributed by atoms with Crippen molar-refractivity contribution in [2.45, 2.75) is 18.7 Å². The van der Waals surface area contributed by atoms with Crippen molar-refractivity contribution in [3.8, 4) is 11.3 Å². The van der Waals surface area contributed by atoms with Crippen LogP contribution in [0.15, 0.2) is 58.8 Å². The van der Waals surface area contributed by atoms with Crippen molar-refractivity contribution in [3.05, 3.63) is 65.3 Å². The highest BCUT2D eigenvalue weighted by Gasteiger charge is 2.22. The van der Waals surface area contributed by atoms with Gasteiger partial charge in [-0.25, -0.2) is 22.6 Å². The first-order chi connectivity index (χ1) is 15.7. The van der Waals surface area contributed by atoms with E-state index >= 15 is 0 Å². The summed E-state index contributed by atoms with van der Waals surface area (Å²) in [4.78, 5) is 28.7. The SMILES string of the molecule is CCN(CC)S(=O)(=O)c1ccc(C(=O)OCC(=O)Nc2nc(-c3ccc(F)cc3)cs2)cc1. The zero-order chi connectivity index (χ0) is 24.0. The summed E-state index contributed by atoms with van der Waals surface area (Å²) >= 11 is 1.18. The molecule has 0 spiro atoms. The van der Waals surface area contributed by atoms with E-state index in [9.17, 15) is 22.4 Å². The van der Waals surface area contributed by atoms with Crippen molar-refractivity contribution in [2.75, 3.05) is 25.0 Å². The molecule has 3 aromatic rings. The van der Waals surface area contributed by atoms with Gasteiger partial charge in [-0.1, -0.05) is 13.8 Å². The molecule has 1 heterocycles. The molecule has 0 aliphatic carbocycles. The third-order valence-electron chi connectivity index (χ3n) is 4.66. The number of benzene rings is 2. The number of nitrogens with one attached hydrogen (secondary N) is 1. The topological polar surface area (TPSA) is 106 Å². The van der Waals surface area contributed by atoms with Crippen molar-refractivity contribution < 1.29 is 27.1 Å². The normalized spacial score (nSPS) is 11.4. The molecular weight excluding hydrogens is 469 g/mol. The van der Waals surface area contributed by atoms with Crippen LogP contribution in [0.1, 0.15) is 24.2 Å². The summed E-state index contributed by atoms with van der Waals surface area (Å²) in [6.07, 6.45) is 0. The Labute approximate surface area is 195 Å². The Morgan fingerprint density at radius 2 is 1.70 bits per heavy atom. The van der Waals surface area contributed by atoms with E-state index < -0.39 is 28.5 Å². The van der Waals surface area contributed by atoms with E-state index in [1.807, 2.05) is 0 Å². The predicted molar refractivity (Wildman–Crippen MR) is 123 cm³/mol. The van der Waals surface area contributed by atoms with E-state index in [0.29, 0.717) is 29.5 Å². The van der Waals surface area contributed by atoms with Gasteiger partial charge in [-0.2, -0.15) is 4.31 Å². The minimum atomic E-state index is -3.63. The molecule has 1 N–H and O–H groups in total. The minimum Gasteiger partial charge on any atom is -0.452 e. The van der Waals surface area contributed by atoms with Crippen molar-refractivity contribution in [3.63, 3.8) is 0 Å². The molecular formula is C22H22FN3O5S2. The van der Waals surface area contributed by atoms with Crippen LogP contribution in [0.25, 0.3) is 11.3 Å². The van der Waals surface area contributed by atoms with E-state index in [1.165, 1.54) is 52.0 Å². The maximum Gasteiger partial charge on any atom is 0.338 e. The molecule has 11 heteroatoms. The lowest BCUT2D eigenvalue weighted by Gasteiger charge is -2.18. The van der Waals surface area contributed by atoms with E-state index in [4.69, 9.17) is 4.74 Å². The van der Waals surface area contributed by atoms with E-state index in [1.54, 1.807) is 31.4 Å². The van der Waals surface area contributed by atoms with Gasteiger partial charge < -0.3 is 4.74 Å². The lowest BCUT2D eigenvalue weighted by Crippen LogP contribution is -2.30. The summed E-state index contributed by atoms with van der Waals surface area (Å²) < 4.78 is 44.4. The number of ether oxygens (including phenoxy) is 1. The molecule has 33 heavy (non-hydrogen) atoms.